The van der Waals surface area contributed by atoms with Gasteiger partial charge in [0.05, 0.1) is 0 Å². The number of rotatable bonds is 1. The van der Waals surface area contributed by atoms with Gasteiger partial charge in [-0.3, -0.25) is 0 Å². The normalized spacial score (nSPS) is 12.0. The molecule has 0 N–H and O–H groups in total. The molecule has 0 nitrogen and oxygen atoms in total. The topological polar surface area (TPSA) is 0 Å². The minimum absolute atomic E-state index is 0.673. The molecule has 0 aliphatic rings. The Morgan fingerprint density at radius 2 is 1.80 bits per heavy atom. The summed E-state index contributed by atoms with van der Waals surface area (Å²) in [5, 5.41) is 0. The second-order valence-electron chi connectivity index (χ2n) is 1.60. The Morgan fingerprint density at radius 3 is 2.00 bits per heavy atom. The van der Waals surface area contributed by atoms with Crippen LogP contribution in [0, 0.1) is 0 Å². The Balaban J connectivity index is 2.96. The molecule has 0 bridgehead atoms. The van der Waals surface area contributed by atoms with Crippen molar-refractivity contribution < 1.29 is 0 Å². The predicted octanol–water partition coefficient (Wildman–Crippen LogP) is 3.26. The molecular formula is C4H2Cl4GeS. The van der Waals surface area contributed by atoms with Gasteiger partial charge in [-0.1, -0.05) is 0 Å². The van der Waals surface area contributed by atoms with Crippen molar-refractivity contribution in [3.63, 3.8) is 0 Å². The van der Waals surface area contributed by atoms with E-state index >= 15 is 0 Å². The molecule has 56 valence electrons. The zero-order chi connectivity index (χ0) is 7.78. The third-order valence-corrected chi connectivity index (χ3v) is 10.6. The zero-order valence-electron chi connectivity index (χ0n) is 4.57. The summed E-state index contributed by atoms with van der Waals surface area (Å²) >= 11 is 6.99. The van der Waals surface area contributed by atoms with Crippen LogP contribution in [0.2, 0.25) is 4.34 Å². The van der Waals surface area contributed by atoms with Crippen LogP contribution in [0.5, 0.6) is 0 Å². The first kappa shape index (κ1) is 9.49. The van der Waals surface area contributed by atoms with Gasteiger partial charge in [0.15, 0.2) is 0 Å². The van der Waals surface area contributed by atoms with Crippen LogP contribution in [0.4, 0.5) is 0 Å². The number of hydrogen-bond donors (Lipinski definition) is 0. The molecule has 0 fully saturated rings. The molecule has 1 aromatic rings. The Bertz CT molecular complexity index is 227. The summed E-state index contributed by atoms with van der Waals surface area (Å²) in [6.07, 6.45) is 0. The summed E-state index contributed by atoms with van der Waals surface area (Å²) in [5.41, 5.74) is 0. The van der Waals surface area contributed by atoms with E-state index in [1.165, 1.54) is 11.3 Å². The van der Waals surface area contributed by atoms with E-state index in [2.05, 4.69) is 0 Å². The summed E-state index contributed by atoms with van der Waals surface area (Å²) in [4.78, 5) is 0. The first-order valence-corrected chi connectivity index (χ1v) is 12.8. The summed E-state index contributed by atoms with van der Waals surface area (Å²) in [5.74, 6) is 0. The van der Waals surface area contributed by atoms with Crippen LogP contribution in [-0.2, 0) is 0 Å². The first-order chi connectivity index (χ1) is 4.50. The molecule has 0 saturated heterocycles. The quantitative estimate of drug-likeness (QED) is 0.698. The van der Waals surface area contributed by atoms with Gasteiger partial charge in [0.25, 0.3) is 0 Å². The van der Waals surface area contributed by atoms with Gasteiger partial charge in [-0.2, -0.15) is 0 Å². The van der Waals surface area contributed by atoms with Crippen molar-refractivity contribution in [2.45, 2.75) is 0 Å². The fourth-order valence-corrected chi connectivity index (χ4v) is 6.56. The molecule has 0 aromatic carbocycles. The van der Waals surface area contributed by atoms with Gasteiger partial charge < -0.3 is 0 Å². The second-order valence-corrected chi connectivity index (χ2v) is 19.1. The van der Waals surface area contributed by atoms with E-state index in [1.807, 2.05) is 0 Å². The van der Waals surface area contributed by atoms with Gasteiger partial charge in [-0.25, -0.2) is 0 Å². The van der Waals surface area contributed by atoms with Crippen LogP contribution in [-0.4, -0.2) is 10.5 Å². The summed E-state index contributed by atoms with van der Waals surface area (Å²) in [7, 11) is 14.1. The van der Waals surface area contributed by atoms with E-state index in [9.17, 15) is 0 Å². The van der Waals surface area contributed by atoms with E-state index in [0.29, 0.717) is 4.34 Å². The molecule has 0 spiro atoms. The average Bonchev–Trinajstić information content (AvgIpc) is 2.11. The number of thiophene rings is 1. The molecule has 10 heavy (non-hydrogen) atoms. The van der Waals surface area contributed by atoms with Crippen LogP contribution < -0.4 is 3.71 Å². The van der Waals surface area contributed by atoms with Crippen molar-refractivity contribution in [3.05, 3.63) is 16.5 Å². The molecule has 0 radical (unpaired) electrons. The van der Waals surface area contributed by atoms with Crippen LogP contribution >= 0.6 is 53.0 Å². The van der Waals surface area contributed by atoms with Crippen LogP contribution in [0.15, 0.2) is 12.1 Å². The fourth-order valence-electron chi connectivity index (χ4n) is 0.467. The van der Waals surface area contributed by atoms with Crippen molar-refractivity contribution in [3.8, 4) is 0 Å². The van der Waals surface area contributed by atoms with E-state index < -0.39 is 10.5 Å². The first-order valence-electron chi connectivity index (χ1n) is 2.32. The molecule has 0 saturated carbocycles. The zero-order valence-corrected chi connectivity index (χ0v) is 10.5. The van der Waals surface area contributed by atoms with Gasteiger partial charge in [-0.15, -0.1) is 0 Å². The van der Waals surface area contributed by atoms with Crippen molar-refractivity contribution in [1.29, 1.82) is 0 Å². The van der Waals surface area contributed by atoms with Gasteiger partial charge in [0, 0.05) is 0 Å². The monoisotopic (exact) mass is 296 g/mol. The van der Waals surface area contributed by atoms with E-state index in [4.69, 9.17) is 41.6 Å². The van der Waals surface area contributed by atoms with Gasteiger partial charge in [-0.05, 0) is 0 Å². The Morgan fingerprint density at radius 1 is 1.20 bits per heavy atom. The Hall–Kier alpha value is 1.40. The average molecular weight is 297 g/mol. The predicted molar refractivity (Wildman–Crippen MR) is 52.3 cm³/mol. The van der Waals surface area contributed by atoms with Crippen molar-refractivity contribution in [2.75, 3.05) is 0 Å². The molecule has 1 heterocycles. The summed E-state index contributed by atoms with van der Waals surface area (Å²) in [6.45, 7) is 0. The van der Waals surface area contributed by atoms with Gasteiger partial charge >= 0.3 is 83.6 Å². The Labute approximate surface area is 83.0 Å². The van der Waals surface area contributed by atoms with Crippen LogP contribution in [0.25, 0.3) is 0 Å². The molecular weight excluding hydrogens is 295 g/mol. The SMILES string of the molecule is Clc1cc[c]([Ge]([Cl])([Cl])[Cl])s1. The molecule has 0 atom stereocenters. The van der Waals surface area contributed by atoms with Crippen molar-refractivity contribution in [2.24, 2.45) is 0 Å². The maximum absolute atomic E-state index is 5.74. The van der Waals surface area contributed by atoms with Gasteiger partial charge in [0.1, 0.15) is 0 Å². The number of halogens is 4. The van der Waals surface area contributed by atoms with E-state index in [-0.39, 0.29) is 0 Å². The third-order valence-electron chi connectivity index (χ3n) is 0.853. The summed E-state index contributed by atoms with van der Waals surface area (Å²) in [6, 6.07) is 3.52. The van der Waals surface area contributed by atoms with Crippen molar-refractivity contribution in [1.82, 2.24) is 0 Å². The number of hydrogen-bond acceptors (Lipinski definition) is 1. The Kier molecular flexibility index (Phi) is 3.24. The van der Waals surface area contributed by atoms with E-state index in [0.717, 1.165) is 3.71 Å². The molecule has 1 rings (SSSR count). The van der Waals surface area contributed by atoms with Crippen LogP contribution in [0.1, 0.15) is 0 Å². The fraction of sp³-hybridized carbons (Fsp3) is 0. The maximum atomic E-state index is 5.74. The van der Waals surface area contributed by atoms with E-state index in [1.54, 1.807) is 12.1 Å². The molecule has 1 aromatic heterocycles. The molecule has 0 unspecified atom stereocenters. The second kappa shape index (κ2) is 3.42. The molecule has 6 heteroatoms. The third kappa shape index (κ3) is 2.47. The summed E-state index contributed by atoms with van der Waals surface area (Å²) < 4.78 is 1.50. The standard InChI is InChI=1S/C4H2Cl4GeS/c5-3-1-2-4(10-3)9(6,7)8/h1-2H. The molecule has 0 aliphatic carbocycles. The molecule has 0 amide bonds. The molecule has 0 aliphatic heterocycles. The van der Waals surface area contributed by atoms with Crippen molar-refractivity contribution >= 4 is 67.2 Å². The van der Waals surface area contributed by atoms with Gasteiger partial charge in [0.2, 0.25) is 0 Å². The minimum atomic E-state index is -3.13. The van der Waals surface area contributed by atoms with Crippen LogP contribution in [0.3, 0.4) is 0 Å².